The number of H-pyrrole nitrogens is 1. The Labute approximate surface area is 62.5 Å². The topological polar surface area (TPSA) is 15.8 Å². The summed E-state index contributed by atoms with van der Waals surface area (Å²) in [4.78, 5) is 3.31. The van der Waals surface area contributed by atoms with E-state index in [2.05, 4.69) is 37.9 Å². The number of hydrogen-bond acceptors (Lipinski definition) is 0. The lowest BCUT2D eigenvalue weighted by atomic mass is 10.1. The van der Waals surface area contributed by atoms with Crippen molar-refractivity contribution in [1.82, 2.24) is 4.98 Å². The van der Waals surface area contributed by atoms with E-state index in [-0.39, 0.29) is 0 Å². The third-order valence-corrected chi connectivity index (χ3v) is 1.52. The first-order chi connectivity index (χ1) is 4.68. The Balaban J connectivity index is 2.58. The lowest BCUT2D eigenvalue weighted by Gasteiger charge is -2.00. The van der Waals surface area contributed by atoms with Crippen LogP contribution in [0.4, 0.5) is 0 Å². The van der Waals surface area contributed by atoms with Crippen molar-refractivity contribution < 1.29 is 0 Å². The zero-order valence-corrected chi connectivity index (χ0v) is 6.94. The number of nitrogens with one attached hydrogen (secondary N) is 1. The number of rotatable bonds is 2. The largest absolute Gasteiger partial charge is 0.362 e. The molecule has 0 aliphatic rings. The maximum absolute atomic E-state index is 3.31. The van der Waals surface area contributed by atoms with Crippen molar-refractivity contribution in [2.45, 2.75) is 27.2 Å². The Kier molecular flexibility index (Phi) is 2.15. The molecule has 0 amide bonds. The summed E-state index contributed by atoms with van der Waals surface area (Å²) in [6, 6.07) is 4.28. The van der Waals surface area contributed by atoms with Gasteiger partial charge >= 0.3 is 0 Å². The summed E-state index contributed by atoms with van der Waals surface area (Å²) >= 11 is 0. The van der Waals surface area contributed by atoms with Gasteiger partial charge < -0.3 is 4.98 Å². The Morgan fingerprint density at radius 2 is 2.10 bits per heavy atom. The predicted molar refractivity (Wildman–Crippen MR) is 44.1 cm³/mol. The van der Waals surface area contributed by atoms with Crippen molar-refractivity contribution >= 4 is 0 Å². The van der Waals surface area contributed by atoms with Gasteiger partial charge in [0.05, 0.1) is 0 Å². The Bertz CT molecular complexity index is 198. The molecule has 0 atom stereocenters. The molecule has 0 fully saturated rings. The molecule has 56 valence electrons. The zero-order chi connectivity index (χ0) is 7.56. The molecule has 0 radical (unpaired) electrons. The minimum atomic E-state index is 0.748. The zero-order valence-electron chi connectivity index (χ0n) is 6.94. The quantitative estimate of drug-likeness (QED) is 0.644. The minimum Gasteiger partial charge on any atom is -0.362 e. The predicted octanol–water partition coefficient (Wildman–Crippen LogP) is 2.52. The maximum atomic E-state index is 3.31. The molecule has 1 N–H and O–H groups in total. The van der Waals surface area contributed by atoms with Crippen molar-refractivity contribution in [2.24, 2.45) is 5.92 Å². The van der Waals surface area contributed by atoms with E-state index in [4.69, 9.17) is 0 Å². The van der Waals surface area contributed by atoms with E-state index < -0.39 is 0 Å². The molecule has 1 aromatic heterocycles. The average molecular weight is 137 g/mol. The molecule has 1 aromatic rings. The number of aromatic nitrogens is 1. The fourth-order valence-electron chi connectivity index (χ4n) is 1.12. The molecule has 0 saturated heterocycles. The van der Waals surface area contributed by atoms with Gasteiger partial charge in [0, 0.05) is 11.4 Å². The highest BCUT2D eigenvalue weighted by Gasteiger charge is 1.97. The molecule has 0 bridgehead atoms. The summed E-state index contributed by atoms with van der Waals surface area (Å²) in [5, 5.41) is 0. The fraction of sp³-hybridized carbons (Fsp3) is 0.556. The average Bonchev–Trinajstić information content (AvgIpc) is 2.13. The molecule has 10 heavy (non-hydrogen) atoms. The van der Waals surface area contributed by atoms with Crippen LogP contribution in [0.15, 0.2) is 12.1 Å². The summed E-state index contributed by atoms with van der Waals surface area (Å²) in [5.74, 6) is 0.748. The van der Waals surface area contributed by atoms with Gasteiger partial charge in [0.15, 0.2) is 0 Å². The van der Waals surface area contributed by atoms with Crippen molar-refractivity contribution in [3.63, 3.8) is 0 Å². The second-order valence-corrected chi connectivity index (χ2v) is 3.26. The molecule has 0 saturated carbocycles. The van der Waals surface area contributed by atoms with E-state index in [9.17, 15) is 0 Å². The van der Waals surface area contributed by atoms with Crippen molar-refractivity contribution in [3.05, 3.63) is 23.5 Å². The highest BCUT2D eigenvalue weighted by Crippen LogP contribution is 2.06. The fourth-order valence-corrected chi connectivity index (χ4v) is 1.12. The van der Waals surface area contributed by atoms with Crippen molar-refractivity contribution in [3.8, 4) is 0 Å². The van der Waals surface area contributed by atoms with Gasteiger partial charge in [-0.1, -0.05) is 13.8 Å². The summed E-state index contributed by atoms with van der Waals surface area (Å²) in [7, 11) is 0. The standard InChI is InChI=1S/C9H15N/c1-7(2)6-9-5-4-8(3)10-9/h4-5,7,10H,6H2,1-3H3. The molecular weight excluding hydrogens is 122 g/mol. The molecule has 0 aliphatic heterocycles. The molecule has 0 aliphatic carbocycles. The van der Waals surface area contributed by atoms with Crippen LogP contribution >= 0.6 is 0 Å². The lowest BCUT2D eigenvalue weighted by Crippen LogP contribution is -1.93. The van der Waals surface area contributed by atoms with Crippen LogP contribution in [-0.2, 0) is 6.42 Å². The third kappa shape index (κ3) is 1.90. The molecule has 1 heterocycles. The lowest BCUT2D eigenvalue weighted by molar-refractivity contribution is 0.637. The minimum absolute atomic E-state index is 0.748. The Hall–Kier alpha value is -0.720. The van der Waals surface area contributed by atoms with Gasteiger partial charge in [-0.05, 0) is 31.4 Å². The molecule has 1 nitrogen and oxygen atoms in total. The highest BCUT2D eigenvalue weighted by atomic mass is 14.7. The van der Waals surface area contributed by atoms with Crippen LogP contribution in [0.5, 0.6) is 0 Å². The summed E-state index contributed by atoms with van der Waals surface area (Å²) in [6.45, 7) is 6.55. The maximum Gasteiger partial charge on any atom is 0.0151 e. The van der Waals surface area contributed by atoms with Gasteiger partial charge in [0.2, 0.25) is 0 Å². The van der Waals surface area contributed by atoms with Crippen LogP contribution in [0.1, 0.15) is 25.2 Å². The number of aromatic amines is 1. The number of aryl methyl sites for hydroxylation is 1. The van der Waals surface area contributed by atoms with Crippen LogP contribution < -0.4 is 0 Å². The van der Waals surface area contributed by atoms with E-state index in [1.807, 2.05) is 0 Å². The molecular formula is C9H15N. The molecule has 0 aromatic carbocycles. The van der Waals surface area contributed by atoms with Crippen LogP contribution in [0.2, 0.25) is 0 Å². The van der Waals surface area contributed by atoms with Gasteiger partial charge in [-0.2, -0.15) is 0 Å². The van der Waals surface area contributed by atoms with Gasteiger partial charge in [-0.25, -0.2) is 0 Å². The van der Waals surface area contributed by atoms with E-state index >= 15 is 0 Å². The summed E-state index contributed by atoms with van der Waals surface area (Å²) in [6.07, 6.45) is 1.16. The monoisotopic (exact) mass is 137 g/mol. The van der Waals surface area contributed by atoms with E-state index in [1.54, 1.807) is 0 Å². The first-order valence-corrected chi connectivity index (χ1v) is 3.83. The smallest absolute Gasteiger partial charge is 0.0151 e. The Morgan fingerprint density at radius 1 is 1.40 bits per heavy atom. The van der Waals surface area contributed by atoms with Crippen LogP contribution in [0.3, 0.4) is 0 Å². The van der Waals surface area contributed by atoms with E-state index in [0.717, 1.165) is 12.3 Å². The van der Waals surface area contributed by atoms with E-state index in [1.165, 1.54) is 11.4 Å². The van der Waals surface area contributed by atoms with Crippen molar-refractivity contribution in [2.75, 3.05) is 0 Å². The third-order valence-electron chi connectivity index (χ3n) is 1.52. The first kappa shape index (κ1) is 7.39. The SMILES string of the molecule is Cc1ccc(CC(C)C)[nH]1. The molecule has 0 unspecified atom stereocenters. The second kappa shape index (κ2) is 2.91. The van der Waals surface area contributed by atoms with E-state index in [0.29, 0.717) is 0 Å². The van der Waals surface area contributed by atoms with Crippen molar-refractivity contribution in [1.29, 1.82) is 0 Å². The van der Waals surface area contributed by atoms with Gasteiger partial charge in [0.1, 0.15) is 0 Å². The van der Waals surface area contributed by atoms with Gasteiger partial charge in [-0.3, -0.25) is 0 Å². The molecule has 0 spiro atoms. The summed E-state index contributed by atoms with van der Waals surface area (Å²) < 4.78 is 0. The molecule has 1 rings (SSSR count). The molecule has 1 heteroatoms. The second-order valence-electron chi connectivity index (χ2n) is 3.26. The Morgan fingerprint density at radius 3 is 2.50 bits per heavy atom. The van der Waals surface area contributed by atoms with Crippen LogP contribution in [0, 0.1) is 12.8 Å². The summed E-state index contributed by atoms with van der Waals surface area (Å²) in [5.41, 5.74) is 2.61. The van der Waals surface area contributed by atoms with Gasteiger partial charge in [-0.15, -0.1) is 0 Å². The van der Waals surface area contributed by atoms with Crippen LogP contribution in [0.25, 0.3) is 0 Å². The normalized spacial score (nSPS) is 10.8. The number of hydrogen-bond donors (Lipinski definition) is 1. The van der Waals surface area contributed by atoms with Gasteiger partial charge in [0.25, 0.3) is 0 Å². The van der Waals surface area contributed by atoms with Crippen LogP contribution in [-0.4, -0.2) is 4.98 Å². The highest BCUT2D eigenvalue weighted by molar-refractivity contribution is 5.11. The first-order valence-electron chi connectivity index (χ1n) is 3.83.